The number of para-hydroxylation sites is 1. The van der Waals surface area contributed by atoms with Crippen LogP contribution in [-0.2, 0) is 51.1 Å². The zero-order valence-electron chi connectivity index (χ0n) is 26.1. The summed E-state index contributed by atoms with van der Waals surface area (Å²) in [6.07, 6.45) is -0.188. The Labute approximate surface area is 278 Å². The van der Waals surface area contributed by atoms with Crippen molar-refractivity contribution in [2.45, 2.75) is 37.3 Å². The van der Waals surface area contributed by atoms with Crippen molar-refractivity contribution in [1.29, 1.82) is 0 Å². The Morgan fingerprint density at radius 3 is 1.68 bits per heavy atom. The standard InChI is InChI=1S/C38H38N2O5S2/c41-46(42,40(28-33-17-7-2-8-18-33)29-34-19-9-3-10-20-34)26-25-38(47(43,44)45-36-22-11-4-12-23-36)31-39(27-32-15-5-1-6-16-32)30-35-21-13-14-24-37(35)38/h1-24H,25-31H2. The van der Waals surface area contributed by atoms with Crippen LogP contribution >= 0.6 is 0 Å². The lowest BCUT2D eigenvalue weighted by Crippen LogP contribution is -2.53. The first kappa shape index (κ1) is 32.7. The highest BCUT2D eigenvalue weighted by Crippen LogP contribution is 2.43. The zero-order chi connectivity index (χ0) is 32.7. The molecule has 6 rings (SSSR count). The van der Waals surface area contributed by atoms with Crippen molar-refractivity contribution in [2.75, 3.05) is 12.3 Å². The highest BCUT2D eigenvalue weighted by atomic mass is 32.2. The van der Waals surface area contributed by atoms with Gasteiger partial charge in [0.1, 0.15) is 10.5 Å². The van der Waals surface area contributed by atoms with Crippen LogP contribution in [0.25, 0.3) is 0 Å². The first-order valence-corrected chi connectivity index (χ1v) is 18.7. The Balaban J connectivity index is 1.40. The van der Waals surface area contributed by atoms with Crippen LogP contribution < -0.4 is 4.18 Å². The number of sulfonamides is 1. The van der Waals surface area contributed by atoms with Crippen LogP contribution in [0.1, 0.15) is 34.2 Å². The van der Waals surface area contributed by atoms with Gasteiger partial charge in [0.25, 0.3) is 0 Å². The Kier molecular flexibility index (Phi) is 9.89. The van der Waals surface area contributed by atoms with Gasteiger partial charge in [-0.3, -0.25) is 4.90 Å². The quantitative estimate of drug-likeness (QED) is 0.130. The van der Waals surface area contributed by atoms with E-state index in [1.54, 1.807) is 36.4 Å². The average molecular weight is 667 g/mol. The summed E-state index contributed by atoms with van der Waals surface area (Å²) in [6.45, 7) is 1.41. The van der Waals surface area contributed by atoms with Crippen molar-refractivity contribution in [3.8, 4) is 5.75 Å². The highest BCUT2D eigenvalue weighted by molar-refractivity contribution is 7.89. The van der Waals surface area contributed by atoms with Crippen LogP contribution in [0.3, 0.4) is 0 Å². The molecule has 0 amide bonds. The fraction of sp³-hybridized carbons (Fsp3) is 0.211. The first-order valence-electron chi connectivity index (χ1n) is 15.6. The molecule has 0 bridgehead atoms. The fourth-order valence-electron chi connectivity index (χ4n) is 6.28. The summed E-state index contributed by atoms with van der Waals surface area (Å²) in [6, 6.07) is 44.6. The number of hydrogen-bond donors (Lipinski definition) is 0. The molecule has 1 heterocycles. The second-order valence-corrected chi connectivity index (χ2v) is 15.9. The number of fused-ring (bicyclic) bond motifs is 1. The predicted molar refractivity (Wildman–Crippen MR) is 185 cm³/mol. The lowest BCUT2D eigenvalue weighted by molar-refractivity contribution is 0.195. The lowest BCUT2D eigenvalue weighted by Gasteiger charge is -2.43. The molecule has 0 N–H and O–H groups in total. The molecule has 1 atom stereocenters. The van der Waals surface area contributed by atoms with Crippen LogP contribution in [-0.4, -0.2) is 38.3 Å². The maximum atomic E-state index is 14.6. The van der Waals surface area contributed by atoms with Gasteiger partial charge in [-0.15, -0.1) is 0 Å². The molecular weight excluding hydrogens is 629 g/mol. The van der Waals surface area contributed by atoms with Crippen LogP contribution in [0.4, 0.5) is 0 Å². The summed E-state index contributed by atoms with van der Waals surface area (Å²) in [5.41, 5.74) is 4.13. The van der Waals surface area contributed by atoms with Gasteiger partial charge in [-0.05, 0) is 46.4 Å². The fourth-order valence-corrected chi connectivity index (χ4v) is 9.65. The van der Waals surface area contributed by atoms with Gasteiger partial charge in [-0.1, -0.05) is 133 Å². The maximum Gasteiger partial charge on any atom is 0.320 e. The second-order valence-electron chi connectivity index (χ2n) is 11.9. The summed E-state index contributed by atoms with van der Waals surface area (Å²) in [7, 11) is -8.40. The van der Waals surface area contributed by atoms with E-state index in [4.69, 9.17) is 4.18 Å². The summed E-state index contributed by atoms with van der Waals surface area (Å²) >= 11 is 0. The van der Waals surface area contributed by atoms with Crippen molar-refractivity contribution in [3.05, 3.63) is 173 Å². The van der Waals surface area contributed by atoms with Gasteiger partial charge < -0.3 is 4.18 Å². The SMILES string of the molecule is O=S(=O)(CCC1(S(=O)(=O)Oc2ccccc2)CN(Cc2ccccc2)Cc2ccccc21)N(Cc1ccccc1)Cc1ccccc1. The van der Waals surface area contributed by atoms with Gasteiger partial charge in [0, 0.05) is 32.7 Å². The summed E-state index contributed by atoms with van der Waals surface area (Å²) in [5, 5.41) is 0. The molecule has 0 aromatic heterocycles. The summed E-state index contributed by atoms with van der Waals surface area (Å²) < 4.78 is 63.7. The molecule has 0 fully saturated rings. The Morgan fingerprint density at radius 1 is 0.617 bits per heavy atom. The van der Waals surface area contributed by atoms with E-state index in [2.05, 4.69) is 4.90 Å². The van der Waals surface area contributed by atoms with Gasteiger partial charge in [-0.2, -0.15) is 12.7 Å². The van der Waals surface area contributed by atoms with Gasteiger partial charge >= 0.3 is 10.1 Å². The van der Waals surface area contributed by atoms with E-state index in [0.29, 0.717) is 18.7 Å². The minimum atomic E-state index is -4.43. The van der Waals surface area contributed by atoms with Gasteiger partial charge in [-0.25, -0.2) is 8.42 Å². The third kappa shape index (κ3) is 7.66. The lowest BCUT2D eigenvalue weighted by atomic mass is 9.86. The Hall–Kier alpha value is -4.28. The van der Waals surface area contributed by atoms with E-state index in [1.165, 1.54) is 4.31 Å². The Morgan fingerprint density at radius 2 is 1.11 bits per heavy atom. The van der Waals surface area contributed by atoms with E-state index in [1.807, 2.05) is 109 Å². The maximum absolute atomic E-state index is 14.6. The van der Waals surface area contributed by atoms with Crippen molar-refractivity contribution in [3.63, 3.8) is 0 Å². The third-order valence-electron chi connectivity index (χ3n) is 8.62. The molecule has 9 heteroatoms. The number of nitrogens with zero attached hydrogens (tertiary/aromatic N) is 2. The molecule has 0 saturated carbocycles. The molecule has 242 valence electrons. The minimum Gasteiger partial charge on any atom is -0.382 e. The van der Waals surface area contributed by atoms with Crippen molar-refractivity contribution in [1.82, 2.24) is 9.21 Å². The van der Waals surface area contributed by atoms with Gasteiger partial charge in [0.05, 0.1) is 5.75 Å². The molecule has 7 nitrogen and oxygen atoms in total. The summed E-state index contributed by atoms with van der Waals surface area (Å²) in [4.78, 5) is 2.07. The molecule has 0 radical (unpaired) electrons. The van der Waals surface area contributed by atoms with E-state index in [0.717, 1.165) is 22.3 Å². The molecule has 0 aliphatic carbocycles. The first-order chi connectivity index (χ1) is 22.7. The van der Waals surface area contributed by atoms with Gasteiger partial charge in [0.2, 0.25) is 10.0 Å². The molecular formula is C38H38N2O5S2. The third-order valence-corrected chi connectivity index (χ3v) is 12.3. The van der Waals surface area contributed by atoms with E-state index < -0.39 is 30.6 Å². The smallest absolute Gasteiger partial charge is 0.320 e. The number of benzene rings is 5. The molecule has 0 saturated heterocycles. The number of rotatable bonds is 13. The predicted octanol–water partition coefficient (Wildman–Crippen LogP) is 6.73. The molecule has 5 aromatic carbocycles. The second kappa shape index (κ2) is 14.2. The van der Waals surface area contributed by atoms with Crippen molar-refractivity contribution in [2.24, 2.45) is 0 Å². The zero-order valence-corrected chi connectivity index (χ0v) is 27.7. The van der Waals surface area contributed by atoms with E-state index in [9.17, 15) is 16.8 Å². The topological polar surface area (TPSA) is 84.0 Å². The largest absolute Gasteiger partial charge is 0.382 e. The van der Waals surface area contributed by atoms with Crippen molar-refractivity contribution >= 4 is 20.1 Å². The molecule has 5 aromatic rings. The van der Waals surface area contributed by atoms with Crippen LogP contribution in [0.15, 0.2) is 146 Å². The molecule has 0 spiro atoms. The molecule has 47 heavy (non-hydrogen) atoms. The minimum absolute atomic E-state index is 0.0704. The molecule has 1 aliphatic heterocycles. The number of hydrogen-bond acceptors (Lipinski definition) is 6. The van der Waals surface area contributed by atoms with E-state index in [-0.39, 0.29) is 31.8 Å². The van der Waals surface area contributed by atoms with E-state index >= 15 is 0 Å². The van der Waals surface area contributed by atoms with Crippen LogP contribution in [0, 0.1) is 0 Å². The molecule has 1 unspecified atom stereocenters. The van der Waals surface area contributed by atoms with Gasteiger partial charge in [0.15, 0.2) is 0 Å². The van der Waals surface area contributed by atoms with Crippen LogP contribution in [0.5, 0.6) is 5.75 Å². The average Bonchev–Trinajstić information content (AvgIpc) is 3.08. The molecule has 1 aliphatic rings. The van der Waals surface area contributed by atoms with Crippen LogP contribution in [0.2, 0.25) is 0 Å². The summed E-state index contributed by atoms with van der Waals surface area (Å²) in [5.74, 6) is -0.209. The normalized spacial score (nSPS) is 16.9. The highest BCUT2D eigenvalue weighted by Gasteiger charge is 2.52. The monoisotopic (exact) mass is 666 g/mol. The Bertz CT molecular complexity index is 1930. The van der Waals surface area contributed by atoms with Crippen molar-refractivity contribution < 1.29 is 21.0 Å².